The SMILES string of the molecule is COc1cc([C@@H](Nc2cc(C)on2)c2c(C)[nH]c3ccccc23)cc(OC)c1OC. The number of benzene rings is 2. The fourth-order valence-electron chi connectivity index (χ4n) is 3.84. The second kappa shape index (κ2) is 8.02. The maximum Gasteiger partial charge on any atom is 0.203 e. The molecule has 2 aromatic carbocycles. The molecule has 30 heavy (non-hydrogen) atoms. The lowest BCUT2D eigenvalue weighted by molar-refractivity contribution is 0.323. The van der Waals surface area contributed by atoms with Crippen LogP contribution >= 0.6 is 0 Å². The highest BCUT2D eigenvalue weighted by Gasteiger charge is 2.25. The smallest absolute Gasteiger partial charge is 0.203 e. The molecule has 1 atom stereocenters. The van der Waals surface area contributed by atoms with Gasteiger partial charge >= 0.3 is 0 Å². The Morgan fingerprint density at radius 1 is 0.967 bits per heavy atom. The highest BCUT2D eigenvalue weighted by atomic mass is 16.5. The molecule has 7 heteroatoms. The molecule has 0 bridgehead atoms. The fourth-order valence-corrected chi connectivity index (χ4v) is 3.84. The van der Waals surface area contributed by atoms with Crippen molar-refractivity contribution in [2.45, 2.75) is 19.9 Å². The van der Waals surface area contributed by atoms with Gasteiger partial charge in [0.1, 0.15) is 5.76 Å². The van der Waals surface area contributed by atoms with Gasteiger partial charge in [-0.15, -0.1) is 0 Å². The third-order valence-electron chi connectivity index (χ3n) is 5.17. The van der Waals surface area contributed by atoms with Crippen molar-refractivity contribution >= 4 is 16.7 Å². The monoisotopic (exact) mass is 407 g/mol. The van der Waals surface area contributed by atoms with Gasteiger partial charge in [0.25, 0.3) is 0 Å². The maximum absolute atomic E-state index is 5.58. The van der Waals surface area contributed by atoms with Crippen LogP contribution in [0.15, 0.2) is 47.0 Å². The van der Waals surface area contributed by atoms with E-state index in [1.54, 1.807) is 21.3 Å². The number of hydrogen-bond donors (Lipinski definition) is 2. The minimum Gasteiger partial charge on any atom is -0.493 e. The largest absolute Gasteiger partial charge is 0.493 e. The number of fused-ring (bicyclic) bond motifs is 1. The Morgan fingerprint density at radius 3 is 2.27 bits per heavy atom. The first-order valence-electron chi connectivity index (χ1n) is 9.62. The van der Waals surface area contributed by atoms with E-state index in [2.05, 4.69) is 34.5 Å². The molecule has 2 N–H and O–H groups in total. The number of rotatable bonds is 7. The van der Waals surface area contributed by atoms with Crippen molar-refractivity contribution in [3.05, 3.63) is 65.0 Å². The Balaban J connectivity index is 1.93. The number of methoxy groups -OCH3 is 3. The first-order chi connectivity index (χ1) is 14.5. The Hall–Kier alpha value is -3.61. The quantitative estimate of drug-likeness (QED) is 0.449. The standard InChI is InChI=1S/C23H25N3O4/c1-13-10-20(26-30-13)25-22(21-14(2)24-17-9-7-6-8-16(17)21)15-11-18(27-3)23(29-5)19(12-15)28-4/h6-12,22,24H,1-5H3,(H,25,26)/t22-/m1/s1. The van der Waals surface area contributed by atoms with E-state index in [0.29, 0.717) is 23.1 Å². The van der Waals surface area contributed by atoms with Crippen LogP contribution in [-0.2, 0) is 0 Å². The number of aromatic amines is 1. The number of anilines is 1. The summed E-state index contributed by atoms with van der Waals surface area (Å²) in [5, 5.41) is 8.78. The second-order valence-corrected chi connectivity index (χ2v) is 7.07. The normalized spacial score (nSPS) is 12.0. The molecule has 0 fully saturated rings. The van der Waals surface area contributed by atoms with Crippen molar-refractivity contribution in [2.24, 2.45) is 0 Å². The number of nitrogens with zero attached hydrogens (tertiary/aromatic N) is 1. The molecule has 156 valence electrons. The number of H-pyrrole nitrogens is 1. The van der Waals surface area contributed by atoms with Crippen LogP contribution in [0.3, 0.4) is 0 Å². The topological polar surface area (TPSA) is 81.5 Å². The van der Waals surface area contributed by atoms with Gasteiger partial charge in [-0.2, -0.15) is 0 Å². The molecule has 0 amide bonds. The Kier molecular flexibility index (Phi) is 5.27. The Bertz CT molecular complexity index is 1150. The van der Waals surface area contributed by atoms with Gasteiger partial charge in [0, 0.05) is 28.2 Å². The maximum atomic E-state index is 5.58. The van der Waals surface area contributed by atoms with Gasteiger partial charge in [-0.1, -0.05) is 23.4 Å². The highest BCUT2D eigenvalue weighted by molar-refractivity contribution is 5.86. The van der Waals surface area contributed by atoms with Crippen molar-refractivity contribution < 1.29 is 18.7 Å². The molecule has 7 nitrogen and oxygen atoms in total. The van der Waals surface area contributed by atoms with E-state index in [9.17, 15) is 0 Å². The van der Waals surface area contributed by atoms with Crippen LogP contribution < -0.4 is 19.5 Å². The number of nitrogens with one attached hydrogen (secondary N) is 2. The number of hydrogen-bond acceptors (Lipinski definition) is 6. The molecule has 2 heterocycles. The van der Waals surface area contributed by atoms with E-state index < -0.39 is 0 Å². The molecule has 0 saturated carbocycles. The number of para-hydroxylation sites is 1. The van der Waals surface area contributed by atoms with Crippen LogP contribution in [0.4, 0.5) is 5.82 Å². The third kappa shape index (κ3) is 3.43. The van der Waals surface area contributed by atoms with Crippen LogP contribution in [0.25, 0.3) is 10.9 Å². The number of ether oxygens (including phenoxy) is 3. The Morgan fingerprint density at radius 2 is 1.67 bits per heavy atom. The summed E-state index contributed by atoms with van der Waals surface area (Å²) in [6, 6.07) is 13.8. The van der Waals surface area contributed by atoms with Gasteiger partial charge < -0.3 is 29.0 Å². The van der Waals surface area contributed by atoms with Crippen molar-refractivity contribution in [3.8, 4) is 17.2 Å². The third-order valence-corrected chi connectivity index (χ3v) is 5.17. The molecule has 0 aliphatic heterocycles. The molecule has 0 saturated heterocycles. The van der Waals surface area contributed by atoms with E-state index in [0.717, 1.165) is 33.5 Å². The van der Waals surface area contributed by atoms with Crippen LogP contribution in [0.2, 0.25) is 0 Å². The van der Waals surface area contributed by atoms with Gasteiger partial charge in [-0.25, -0.2) is 0 Å². The fraction of sp³-hybridized carbons (Fsp3) is 0.261. The van der Waals surface area contributed by atoms with E-state index in [1.165, 1.54) is 0 Å². The zero-order chi connectivity index (χ0) is 21.3. The zero-order valence-electron chi connectivity index (χ0n) is 17.7. The van der Waals surface area contributed by atoms with Crippen molar-refractivity contribution in [1.82, 2.24) is 10.1 Å². The average Bonchev–Trinajstić information content (AvgIpc) is 3.32. The zero-order valence-corrected chi connectivity index (χ0v) is 17.7. The molecular formula is C23H25N3O4. The van der Waals surface area contributed by atoms with E-state index in [1.807, 2.05) is 37.3 Å². The summed E-state index contributed by atoms with van der Waals surface area (Å²) in [5.41, 5.74) is 4.18. The van der Waals surface area contributed by atoms with Gasteiger partial charge in [0.15, 0.2) is 17.3 Å². The van der Waals surface area contributed by atoms with E-state index in [-0.39, 0.29) is 6.04 Å². The molecule has 2 aromatic heterocycles. The molecule has 0 spiro atoms. The molecule has 4 aromatic rings. The van der Waals surface area contributed by atoms with Crippen molar-refractivity contribution in [3.63, 3.8) is 0 Å². The second-order valence-electron chi connectivity index (χ2n) is 7.07. The summed E-state index contributed by atoms with van der Waals surface area (Å²) >= 11 is 0. The molecule has 0 radical (unpaired) electrons. The summed E-state index contributed by atoms with van der Waals surface area (Å²) in [4.78, 5) is 3.48. The summed E-state index contributed by atoms with van der Waals surface area (Å²) in [6.07, 6.45) is 0. The lowest BCUT2D eigenvalue weighted by Crippen LogP contribution is -2.14. The predicted octanol–water partition coefficient (Wildman–Crippen LogP) is 5.00. The summed E-state index contributed by atoms with van der Waals surface area (Å²) < 4.78 is 21.9. The summed E-state index contributed by atoms with van der Waals surface area (Å²) in [6.45, 7) is 3.93. The highest BCUT2D eigenvalue weighted by Crippen LogP contribution is 2.43. The van der Waals surface area contributed by atoms with E-state index >= 15 is 0 Å². The summed E-state index contributed by atoms with van der Waals surface area (Å²) in [5.74, 6) is 3.11. The van der Waals surface area contributed by atoms with Gasteiger partial charge in [-0.05, 0) is 37.6 Å². The van der Waals surface area contributed by atoms with E-state index in [4.69, 9.17) is 18.7 Å². The molecule has 4 rings (SSSR count). The van der Waals surface area contributed by atoms with Gasteiger partial charge in [-0.3, -0.25) is 0 Å². The van der Waals surface area contributed by atoms with Crippen LogP contribution in [0.5, 0.6) is 17.2 Å². The molecule has 0 aliphatic carbocycles. The number of aryl methyl sites for hydroxylation is 2. The van der Waals surface area contributed by atoms with Crippen LogP contribution in [-0.4, -0.2) is 31.5 Å². The lowest BCUT2D eigenvalue weighted by Gasteiger charge is -2.22. The minimum absolute atomic E-state index is 0.237. The average molecular weight is 407 g/mol. The van der Waals surface area contributed by atoms with Crippen LogP contribution in [0.1, 0.15) is 28.6 Å². The molecule has 0 unspecified atom stereocenters. The predicted molar refractivity (Wildman–Crippen MR) is 116 cm³/mol. The van der Waals surface area contributed by atoms with Crippen molar-refractivity contribution in [2.75, 3.05) is 26.6 Å². The molecular weight excluding hydrogens is 382 g/mol. The van der Waals surface area contributed by atoms with Crippen LogP contribution in [0, 0.1) is 13.8 Å². The van der Waals surface area contributed by atoms with Gasteiger partial charge in [0.05, 0.1) is 27.4 Å². The lowest BCUT2D eigenvalue weighted by atomic mass is 9.95. The van der Waals surface area contributed by atoms with Crippen molar-refractivity contribution in [1.29, 1.82) is 0 Å². The molecule has 0 aliphatic rings. The Labute approximate surface area is 174 Å². The summed E-state index contributed by atoms with van der Waals surface area (Å²) in [7, 11) is 4.82. The first-order valence-corrected chi connectivity index (χ1v) is 9.62. The number of aromatic nitrogens is 2. The van der Waals surface area contributed by atoms with Gasteiger partial charge in [0.2, 0.25) is 5.75 Å². The first kappa shape index (κ1) is 19.7. The minimum atomic E-state index is -0.237.